The summed E-state index contributed by atoms with van der Waals surface area (Å²) in [4.78, 5) is 42.5. The lowest BCUT2D eigenvalue weighted by atomic mass is 10.3. The molecule has 29 heavy (non-hydrogen) atoms. The number of amides is 1. The third-order valence-electron chi connectivity index (χ3n) is 3.62. The average Bonchev–Trinajstić information content (AvgIpc) is 2.71. The van der Waals surface area contributed by atoms with Crippen LogP contribution in [0.25, 0.3) is 0 Å². The van der Waals surface area contributed by atoms with Gasteiger partial charge in [0.1, 0.15) is 18.0 Å². The van der Waals surface area contributed by atoms with Crippen molar-refractivity contribution in [3.05, 3.63) is 39.6 Å². The Morgan fingerprint density at radius 2 is 1.97 bits per heavy atom. The highest BCUT2D eigenvalue weighted by molar-refractivity contribution is 7.98. The van der Waals surface area contributed by atoms with Crippen LogP contribution >= 0.6 is 23.4 Å². The van der Waals surface area contributed by atoms with Gasteiger partial charge in [0.05, 0.1) is 13.5 Å². The zero-order valence-corrected chi connectivity index (χ0v) is 17.5. The van der Waals surface area contributed by atoms with E-state index in [4.69, 9.17) is 16.3 Å². The number of hydrogen-bond donors (Lipinski definition) is 3. The van der Waals surface area contributed by atoms with Crippen LogP contribution in [0.2, 0.25) is 5.02 Å². The number of carbonyl (C=O) groups excluding carboxylic acids is 2. The van der Waals surface area contributed by atoms with E-state index in [1.807, 2.05) is 0 Å². The van der Waals surface area contributed by atoms with E-state index in [-0.39, 0.29) is 37.5 Å². The molecule has 0 fully saturated rings. The molecule has 0 aliphatic carbocycles. The van der Waals surface area contributed by atoms with Gasteiger partial charge >= 0.3 is 5.97 Å². The molecular formula is C18H21ClN4O5S. The van der Waals surface area contributed by atoms with Gasteiger partial charge in [0.15, 0.2) is 11.0 Å². The van der Waals surface area contributed by atoms with Gasteiger partial charge in [0.2, 0.25) is 5.91 Å². The fraction of sp³-hybridized carbons (Fsp3) is 0.333. The first-order valence-electron chi connectivity index (χ1n) is 8.60. The van der Waals surface area contributed by atoms with Crippen molar-refractivity contribution in [2.45, 2.75) is 18.0 Å². The van der Waals surface area contributed by atoms with Crippen molar-refractivity contribution in [1.29, 1.82) is 0 Å². The van der Waals surface area contributed by atoms with Crippen LogP contribution in [0.4, 0.5) is 11.5 Å². The van der Waals surface area contributed by atoms with Crippen molar-refractivity contribution in [3.8, 4) is 5.75 Å². The molecule has 0 aliphatic heterocycles. The molecule has 0 unspecified atom stereocenters. The number of anilines is 2. The van der Waals surface area contributed by atoms with Crippen LogP contribution in [0.15, 0.2) is 34.2 Å². The summed E-state index contributed by atoms with van der Waals surface area (Å²) in [6.45, 7) is 0.554. The molecule has 0 saturated heterocycles. The van der Waals surface area contributed by atoms with Crippen molar-refractivity contribution >= 4 is 46.7 Å². The molecular weight excluding hydrogens is 420 g/mol. The predicted molar refractivity (Wildman–Crippen MR) is 112 cm³/mol. The second-order valence-electron chi connectivity index (χ2n) is 5.65. The van der Waals surface area contributed by atoms with E-state index >= 15 is 0 Å². The highest BCUT2D eigenvalue weighted by Gasteiger charge is 2.15. The van der Waals surface area contributed by atoms with Gasteiger partial charge in [-0.25, -0.2) is 4.98 Å². The number of nitrogens with zero attached hydrogens (tertiary/aromatic N) is 1. The molecule has 2 rings (SSSR count). The number of carbonyl (C=O) groups is 2. The Hall–Kier alpha value is -2.72. The van der Waals surface area contributed by atoms with E-state index in [0.717, 1.165) is 0 Å². The molecule has 0 bridgehead atoms. The molecule has 2 aromatic rings. The highest BCUT2D eigenvalue weighted by atomic mass is 35.5. The van der Waals surface area contributed by atoms with Crippen LogP contribution in [-0.4, -0.2) is 48.4 Å². The number of nitrogens with one attached hydrogen (secondary N) is 3. The number of H-pyrrole nitrogens is 1. The third-order valence-corrected chi connectivity index (χ3v) is 4.45. The summed E-state index contributed by atoms with van der Waals surface area (Å²) >= 11 is 7.05. The van der Waals surface area contributed by atoms with Gasteiger partial charge in [-0.05, 0) is 30.5 Å². The van der Waals surface area contributed by atoms with Gasteiger partial charge in [-0.1, -0.05) is 23.4 Å². The molecule has 1 amide bonds. The summed E-state index contributed by atoms with van der Waals surface area (Å²) in [6, 6.07) is 6.89. The van der Waals surface area contributed by atoms with Crippen LogP contribution in [0, 0.1) is 0 Å². The number of aromatic nitrogens is 2. The molecule has 0 saturated carbocycles. The molecule has 156 valence electrons. The van der Waals surface area contributed by atoms with Crippen LogP contribution in [0.3, 0.4) is 0 Å². The summed E-state index contributed by atoms with van der Waals surface area (Å²) in [6.07, 6.45) is 1.58. The molecule has 0 aliphatic rings. The Balaban J connectivity index is 2.01. The minimum Gasteiger partial charge on any atom is -0.492 e. The quantitative estimate of drug-likeness (QED) is 0.223. The maximum absolute atomic E-state index is 12.4. The van der Waals surface area contributed by atoms with E-state index in [1.165, 1.54) is 18.9 Å². The Labute approximate surface area is 176 Å². The van der Waals surface area contributed by atoms with Crippen LogP contribution in [0.1, 0.15) is 12.8 Å². The first-order chi connectivity index (χ1) is 13.9. The van der Waals surface area contributed by atoms with E-state index in [2.05, 4.69) is 25.3 Å². The van der Waals surface area contributed by atoms with Crippen molar-refractivity contribution < 1.29 is 19.1 Å². The smallest absolute Gasteiger partial charge is 0.306 e. The number of halogens is 1. The largest absolute Gasteiger partial charge is 0.492 e. The molecule has 1 aromatic carbocycles. The Kier molecular flexibility index (Phi) is 8.81. The maximum atomic E-state index is 12.4. The van der Waals surface area contributed by atoms with Gasteiger partial charge in [0, 0.05) is 18.0 Å². The Morgan fingerprint density at radius 3 is 2.62 bits per heavy atom. The number of esters is 1. The Morgan fingerprint density at radius 1 is 1.24 bits per heavy atom. The molecule has 9 nitrogen and oxygen atoms in total. The molecule has 0 spiro atoms. The lowest BCUT2D eigenvalue weighted by Crippen LogP contribution is -2.24. The molecule has 1 heterocycles. The van der Waals surface area contributed by atoms with Crippen LogP contribution in [0.5, 0.6) is 5.75 Å². The SMILES string of the molecule is COC(=O)CCC(=O)Nc1nc(SC)[nH]c(=O)c1NCCOc1ccc(Cl)cc1. The molecule has 1 aromatic heterocycles. The van der Waals surface area contributed by atoms with Gasteiger partial charge < -0.3 is 20.1 Å². The lowest BCUT2D eigenvalue weighted by molar-refractivity contribution is -0.141. The normalized spacial score (nSPS) is 10.3. The fourth-order valence-corrected chi connectivity index (χ4v) is 2.69. The lowest BCUT2D eigenvalue weighted by Gasteiger charge is -2.13. The number of ether oxygens (including phenoxy) is 2. The maximum Gasteiger partial charge on any atom is 0.306 e. The summed E-state index contributed by atoms with van der Waals surface area (Å²) in [5, 5.41) is 6.44. The van der Waals surface area contributed by atoms with Crippen LogP contribution in [-0.2, 0) is 14.3 Å². The highest BCUT2D eigenvalue weighted by Crippen LogP contribution is 2.18. The zero-order valence-electron chi connectivity index (χ0n) is 15.9. The number of aromatic amines is 1. The summed E-state index contributed by atoms with van der Waals surface area (Å²) in [5.41, 5.74) is -0.326. The molecule has 0 radical (unpaired) electrons. The van der Waals surface area contributed by atoms with Crippen molar-refractivity contribution in [3.63, 3.8) is 0 Å². The van der Waals surface area contributed by atoms with E-state index in [1.54, 1.807) is 30.5 Å². The predicted octanol–water partition coefficient (Wildman–Crippen LogP) is 2.53. The number of hydrogen-bond acceptors (Lipinski definition) is 8. The van der Waals surface area contributed by atoms with Gasteiger partial charge in [-0.3, -0.25) is 19.4 Å². The Bertz CT molecular complexity index is 904. The van der Waals surface area contributed by atoms with Crippen molar-refractivity contribution in [2.75, 3.05) is 37.2 Å². The van der Waals surface area contributed by atoms with Gasteiger partial charge in [-0.15, -0.1) is 0 Å². The summed E-state index contributed by atoms with van der Waals surface area (Å²) in [5.74, 6) is -0.237. The first-order valence-corrected chi connectivity index (χ1v) is 10.2. The molecule has 11 heteroatoms. The third kappa shape index (κ3) is 7.31. The van der Waals surface area contributed by atoms with Gasteiger partial charge in [-0.2, -0.15) is 0 Å². The minimum absolute atomic E-state index is 0.0708. The second kappa shape index (κ2) is 11.3. The number of benzene rings is 1. The monoisotopic (exact) mass is 440 g/mol. The van der Waals surface area contributed by atoms with E-state index < -0.39 is 17.4 Å². The summed E-state index contributed by atoms with van der Waals surface area (Å²) in [7, 11) is 1.25. The number of methoxy groups -OCH3 is 1. The number of rotatable bonds is 10. The fourth-order valence-electron chi connectivity index (χ4n) is 2.19. The van der Waals surface area contributed by atoms with E-state index in [9.17, 15) is 14.4 Å². The van der Waals surface area contributed by atoms with Crippen molar-refractivity contribution in [1.82, 2.24) is 9.97 Å². The molecule has 3 N–H and O–H groups in total. The minimum atomic E-state index is -0.499. The van der Waals surface area contributed by atoms with Gasteiger partial charge in [0.25, 0.3) is 5.56 Å². The number of thioether (sulfide) groups is 1. The topological polar surface area (TPSA) is 122 Å². The summed E-state index contributed by atoms with van der Waals surface area (Å²) < 4.78 is 10.1. The first kappa shape index (κ1) is 22.6. The standard InChI is InChI=1S/C18H21ClN4O5S/c1-27-14(25)8-7-13(24)21-16-15(17(26)23-18(22-16)29-2)20-9-10-28-12-5-3-11(19)4-6-12/h3-6,20H,7-10H2,1-2H3,(H2,21,22,23,24,26). The average molecular weight is 441 g/mol. The zero-order chi connectivity index (χ0) is 21.2. The molecule has 0 atom stereocenters. The van der Waals surface area contributed by atoms with Crippen molar-refractivity contribution in [2.24, 2.45) is 0 Å². The van der Waals surface area contributed by atoms with Crippen LogP contribution < -0.4 is 20.9 Å². The second-order valence-corrected chi connectivity index (χ2v) is 6.88. The van der Waals surface area contributed by atoms with E-state index in [0.29, 0.717) is 15.9 Å².